The fourth-order valence-corrected chi connectivity index (χ4v) is 1.56. The zero-order valence-corrected chi connectivity index (χ0v) is 10.1. The van der Waals surface area contributed by atoms with Gasteiger partial charge in [-0.3, -0.25) is 0 Å². The first kappa shape index (κ1) is 13.9. The van der Waals surface area contributed by atoms with E-state index in [2.05, 4.69) is 20.8 Å². The molecule has 0 heterocycles. The molecule has 0 saturated heterocycles. The second-order valence-electron chi connectivity index (χ2n) is 4.66. The van der Waals surface area contributed by atoms with Gasteiger partial charge >= 0.3 is 0 Å². The largest absolute Gasteiger partial charge is 0.393 e. The van der Waals surface area contributed by atoms with E-state index < -0.39 is 0 Å². The van der Waals surface area contributed by atoms with Crippen LogP contribution in [-0.2, 0) is 4.74 Å². The van der Waals surface area contributed by atoms with Gasteiger partial charge in [-0.15, -0.1) is 0 Å². The van der Waals surface area contributed by atoms with Crippen molar-refractivity contribution >= 4 is 0 Å². The average molecular weight is 202 g/mol. The molecule has 0 aliphatic rings. The Morgan fingerprint density at radius 1 is 1.07 bits per heavy atom. The van der Waals surface area contributed by atoms with Crippen LogP contribution in [0.1, 0.15) is 53.4 Å². The van der Waals surface area contributed by atoms with Crippen molar-refractivity contribution in [1.29, 1.82) is 0 Å². The van der Waals surface area contributed by atoms with Gasteiger partial charge in [0.1, 0.15) is 0 Å². The van der Waals surface area contributed by atoms with Gasteiger partial charge in [-0.25, -0.2) is 0 Å². The van der Waals surface area contributed by atoms with Crippen molar-refractivity contribution in [3.63, 3.8) is 0 Å². The summed E-state index contributed by atoms with van der Waals surface area (Å²) in [5, 5.41) is 9.04. The Morgan fingerprint density at radius 3 is 2.21 bits per heavy atom. The van der Waals surface area contributed by atoms with E-state index in [1.807, 2.05) is 6.92 Å². The molecule has 2 nitrogen and oxygen atoms in total. The Labute approximate surface area is 88.7 Å². The summed E-state index contributed by atoms with van der Waals surface area (Å²) in [7, 11) is 0. The van der Waals surface area contributed by atoms with Crippen LogP contribution in [-0.4, -0.2) is 23.9 Å². The fraction of sp³-hybridized carbons (Fsp3) is 1.00. The number of unbranched alkanes of at least 4 members (excludes halogenated alkanes) is 1. The molecule has 0 fully saturated rings. The summed E-state index contributed by atoms with van der Waals surface area (Å²) in [5.74, 6) is 0.711. The highest BCUT2D eigenvalue weighted by molar-refractivity contribution is 4.54. The minimum atomic E-state index is -0.164. The van der Waals surface area contributed by atoms with Crippen LogP contribution in [0.5, 0.6) is 0 Å². The van der Waals surface area contributed by atoms with Crippen LogP contribution in [0.25, 0.3) is 0 Å². The van der Waals surface area contributed by atoms with Gasteiger partial charge in [-0.1, -0.05) is 13.8 Å². The first-order valence-corrected chi connectivity index (χ1v) is 5.82. The average Bonchev–Trinajstić information content (AvgIpc) is 2.01. The number of aliphatic hydroxyl groups excluding tert-OH is 1. The quantitative estimate of drug-likeness (QED) is 0.613. The molecular weight excluding hydrogens is 176 g/mol. The third-order valence-corrected chi connectivity index (χ3v) is 2.22. The molecule has 0 amide bonds. The Kier molecular flexibility index (Phi) is 8.20. The van der Waals surface area contributed by atoms with Crippen LogP contribution < -0.4 is 0 Å². The van der Waals surface area contributed by atoms with Crippen LogP contribution in [0, 0.1) is 5.92 Å². The number of aliphatic hydroxyl groups is 1. The zero-order valence-electron chi connectivity index (χ0n) is 10.1. The molecule has 2 unspecified atom stereocenters. The lowest BCUT2D eigenvalue weighted by Gasteiger charge is -2.15. The van der Waals surface area contributed by atoms with Crippen molar-refractivity contribution in [2.24, 2.45) is 5.92 Å². The molecule has 86 valence electrons. The maximum absolute atomic E-state index is 9.04. The van der Waals surface area contributed by atoms with Crippen molar-refractivity contribution < 1.29 is 9.84 Å². The molecule has 0 bridgehead atoms. The van der Waals surface area contributed by atoms with Gasteiger partial charge in [-0.2, -0.15) is 0 Å². The highest BCUT2D eigenvalue weighted by atomic mass is 16.5. The van der Waals surface area contributed by atoms with Gasteiger partial charge in [0.25, 0.3) is 0 Å². The summed E-state index contributed by atoms with van der Waals surface area (Å²) in [4.78, 5) is 0. The summed E-state index contributed by atoms with van der Waals surface area (Å²) in [6.45, 7) is 9.23. The lowest BCUT2D eigenvalue weighted by molar-refractivity contribution is 0.0479. The lowest BCUT2D eigenvalue weighted by atomic mass is 10.1. The van der Waals surface area contributed by atoms with Crippen molar-refractivity contribution in [2.45, 2.75) is 65.6 Å². The highest BCUT2D eigenvalue weighted by Gasteiger charge is 2.04. The minimum absolute atomic E-state index is 0.164. The summed E-state index contributed by atoms with van der Waals surface area (Å²) >= 11 is 0. The van der Waals surface area contributed by atoms with E-state index in [0.29, 0.717) is 12.0 Å². The molecule has 0 aliphatic heterocycles. The fourth-order valence-electron chi connectivity index (χ4n) is 1.56. The van der Waals surface area contributed by atoms with Crippen LogP contribution >= 0.6 is 0 Å². The van der Waals surface area contributed by atoms with E-state index >= 15 is 0 Å². The maximum atomic E-state index is 9.04. The molecule has 0 rings (SSSR count). The molecule has 2 heteroatoms. The highest BCUT2D eigenvalue weighted by Crippen LogP contribution is 2.08. The third-order valence-electron chi connectivity index (χ3n) is 2.22. The third kappa shape index (κ3) is 10.0. The van der Waals surface area contributed by atoms with Gasteiger partial charge in [-0.05, 0) is 45.4 Å². The predicted octanol–water partition coefficient (Wildman–Crippen LogP) is 2.99. The first-order valence-electron chi connectivity index (χ1n) is 5.82. The van der Waals surface area contributed by atoms with Crippen LogP contribution in [0.2, 0.25) is 0 Å². The van der Waals surface area contributed by atoms with E-state index in [9.17, 15) is 0 Å². The molecule has 0 aliphatic carbocycles. The molecule has 2 atom stereocenters. The summed E-state index contributed by atoms with van der Waals surface area (Å²) in [5.41, 5.74) is 0. The van der Waals surface area contributed by atoms with Crippen LogP contribution in [0.15, 0.2) is 0 Å². The molecular formula is C12H26O2. The Balaban J connectivity index is 3.19. The van der Waals surface area contributed by atoms with E-state index in [-0.39, 0.29) is 6.10 Å². The lowest BCUT2D eigenvalue weighted by Crippen LogP contribution is -2.12. The van der Waals surface area contributed by atoms with Crippen molar-refractivity contribution in [3.05, 3.63) is 0 Å². The molecule has 0 saturated carbocycles. The summed E-state index contributed by atoms with van der Waals surface area (Å²) in [6, 6.07) is 0. The Hall–Kier alpha value is -0.0800. The predicted molar refractivity (Wildman–Crippen MR) is 60.4 cm³/mol. The molecule has 1 N–H and O–H groups in total. The molecule has 0 spiro atoms. The van der Waals surface area contributed by atoms with Crippen molar-refractivity contribution in [3.8, 4) is 0 Å². The zero-order chi connectivity index (χ0) is 11.0. The normalized spacial score (nSPS) is 15.9. The second kappa shape index (κ2) is 8.25. The number of hydrogen-bond acceptors (Lipinski definition) is 2. The van der Waals surface area contributed by atoms with Gasteiger partial charge in [0.05, 0.1) is 12.2 Å². The van der Waals surface area contributed by atoms with Gasteiger partial charge in [0.15, 0.2) is 0 Å². The Bertz CT molecular complexity index is 121. The number of rotatable bonds is 8. The molecule has 0 aromatic heterocycles. The van der Waals surface area contributed by atoms with E-state index in [4.69, 9.17) is 9.84 Å². The van der Waals surface area contributed by atoms with Gasteiger partial charge in [0.2, 0.25) is 0 Å². The molecule has 14 heavy (non-hydrogen) atoms. The SMILES string of the molecule is CC(C)CC(C)OCCCCC(C)O. The topological polar surface area (TPSA) is 29.5 Å². The summed E-state index contributed by atoms with van der Waals surface area (Å²) in [6.07, 6.45) is 4.36. The van der Waals surface area contributed by atoms with E-state index in [0.717, 1.165) is 32.3 Å². The Morgan fingerprint density at radius 2 is 1.71 bits per heavy atom. The minimum Gasteiger partial charge on any atom is -0.393 e. The van der Waals surface area contributed by atoms with Crippen LogP contribution in [0.4, 0.5) is 0 Å². The van der Waals surface area contributed by atoms with E-state index in [1.165, 1.54) is 0 Å². The van der Waals surface area contributed by atoms with Crippen molar-refractivity contribution in [1.82, 2.24) is 0 Å². The molecule has 0 aromatic carbocycles. The molecule has 0 aromatic rings. The maximum Gasteiger partial charge on any atom is 0.0549 e. The summed E-state index contributed by atoms with van der Waals surface area (Å²) < 4.78 is 5.65. The van der Waals surface area contributed by atoms with Gasteiger partial charge < -0.3 is 9.84 Å². The second-order valence-corrected chi connectivity index (χ2v) is 4.66. The first-order chi connectivity index (χ1) is 6.52. The number of ether oxygens (including phenoxy) is 1. The standard InChI is InChI=1S/C12H26O2/c1-10(2)9-12(4)14-8-6-5-7-11(3)13/h10-13H,5-9H2,1-4H3. The van der Waals surface area contributed by atoms with Crippen molar-refractivity contribution in [2.75, 3.05) is 6.61 Å². The molecule has 0 radical (unpaired) electrons. The number of hydrogen-bond donors (Lipinski definition) is 1. The van der Waals surface area contributed by atoms with Crippen LogP contribution in [0.3, 0.4) is 0 Å². The van der Waals surface area contributed by atoms with E-state index in [1.54, 1.807) is 0 Å². The van der Waals surface area contributed by atoms with Gasteiger partial charge in [0, 0.05) is 6.61 Å². The monoisotopic (exact) mass is 202 g/mol. The smallest absolute Gasteiger partial charge is 0.0549 e.